The maximum atomic E-state index is 2.42. The Kier molecular flexibility index (Phi) is 58.7. The van der Waals surface area contributed by atoms with Crippen LogP contribution in [0.4, 0.5) is 0 Å². The quantitative estimate of drug-likeness (QED) is 0.251. The third-order valence-corrected chi connectivity index (χ3v) is 7.08. The molecule has 0 unspecified atom stereocenters. The highest BCUT2D eigenvalue weighted by molar-refractivity contribution is 4.89. The fraction of sp³-hybridized carbons (Fsp3) is 0.947. The SMILES string of the molecule is CC.CC.CC.CC.CC.CN1CC=CCC1.CN1CCC1.CN1CCCC1.CN1CCCCC1.CN1CCCCCC1. The van der Waals surface area contributed by atoms with Crippen molar-refractivity contribution in [3.05, 3.63) is 12.2 Å². The van der Waals surface area contributed by atoms with Crippen molar-refractivity contribution in [1.29, 1.82) is 0 Å². The van der Waals surface area contributed by atoms with Crippen LogP contribution in [0.2, 0.25) is 0 Å². The van der Waals surface area contributed by atoms with Gasteiger partial charge >= 0.3 is 0 Å². The summed E-state index contributed by atoms with van der Waals surface area (Å²) in [4.78, 5) is 11.8. The smallest absolute Gasteiger partial charge is 0.0160 e. The highest BCUT2D eigenvalue weighted by atomic mass is 15.1. The minimum absolute atomic E-state index is 1.14. The Morgan fingerprint density at radius 3 is 0.698 bits per heavy atom. The van der Waals surface area contributed by atoms with Crippen molar-refractivity contribution in [3.63, 3.8) is 0 Å². The highest BCUT2D eigenvalue weighted by Gasteiger charge is 2.05. The van der Waals surface area contributed by atoms with Crippen LogP contribution < -0.4 is 0 Å². The van der Waals surface area contributed by atoms with Gasteiger partial charge in [-0.05, 0) is 139 Å². The van der Waals surface area contributed by atoms with Crippen molar-refractivity contribution >= 4 is 0 Å². The minimum Gasteiger partial charge on any atom is -0.306 e. The van der Waals surface area contributed by atoms with Gasteiger partial charge in [0.05, 0.1) is 0 Å². The Morgan fingerprint density at radius 1 is 0.279 bits per heavy atom. The number of piperidine rings is 1. The summed E-state index contributed by atoms with van der Waals surface area (Å²) in [6.07, 6.45) is 19.9. The molecule has 0 bridgehead atoms. The molecule has 5 aliphatic heterocycles. The van der Waals surface area contributed by atoms with Crippen molar-refractivity contribution in [1.82, 2.24) is 24.5 Å². The van der Waals surface area contributed by atoms with E-state index in [-0.39, 0.29) is 0 Å². The maximum absolute atomic E-state index is 2.42. The summed E-state index contributed by atoms with van der Waals surface area (Å²) in [6.45, 7) is 32.9. The van der Waals surface area contributed by atoms with E-state index < -0.39 is 0 Å². The summed E-state index contributed by atoms with van der Waals surface area (Å²) in [7, 11) is 10.9. The summed E-state index contributed by atoms with van der Waals surface area (Å²) >= 11 is 0. The average molecular weight is 616 g/mol. The molecule has 5 rings (SSSR count). The zero-order valence-corrected chi connectivity index (χ0v) is 33.2. The van der Waals surface area contributed by atoms with E-state index in [2.05, 4.69) is 71.9 Å². The first-order chi connectivity index (χ1) is 21.0. The molecular formula is C38H89N5. The Morgan fingerprint density at radius 2 is 0.535 bits per heavy atom. The van der Waals surface area contributed by atoms with Crippen molar-refractivity contribution in [3.8, 4) is 0 Å². The van der Waals surface area contributed by atoms with E-state index >= 15 is 0 Å². The largest absolute Gasteiger partial charge is 0.306 e. The Hall–Kier alpha value is -0.460. The molecule has 0 spiro atoms. The van der Waals surface area contributed by atoms with E-state index in [4.69, 9.17) is 0 Å². The zero-order valence-electron chi connectivity index (χ0n) is 33.2. The molecular weight excluding hydrogens is 526 g/mol. The van der Waals surface area contributed by atoms with Gasteiger partial charge in [0.25, 0.3) is 0 Å². The number of likely N-dealkylation sites (N-methyl/N-ethyl adjacent to an activating group) is 1. The molecule has 0 aromatic carbocycles. The van der Waals surface area contributed by atoms with Crippen LogP contribution in [-0.4, -0.2) is 125 Å². The molecule has 5 heteroatoms. The van der Waals surface area contributed by atoms with Gasteiger partial charge in [0.1, 0.15) is 0 Å². The van der Waals surface area contributed by atoms with Gasteiger partial charge < -0.3 is 24.5 Å². The first kappa shape index (κ1) is 52.1. The molecule has 0 N–H and O–H groups in total. The molecule has 43 heavy (non-hydrogen) atoms. The highest BCUT2D eigenvalue weighted by Crippen LogP contribution is 2.07. The van der Waals surface area contributed by atoms with Gasteiger partial charge in [-0.1, -0.05) is 101 Å². The molecule has 0 aromatic heterocycles. The van der Waals surface area contributed by atoms with Gasteiger partial charge in [-0.15, -0.1) is 0 Å². The van der Waals surface area contributed by atoms with E-state index in [1.807, 2.05) is 69.2 Å². The first-order valence-corrected chi connectivity index (χ1v) is 19.0. The van der Waals surface area contributed by atoms with Crippen LogP contribution in [0.5, 0.6) is 0 Å². The van der Waals surface area contributed by atoms with Crippen molar-refractivity contribution in [2.45, 2.75) is 140 Å². The second-order valence-corrected chi connectivity index (χ2v) is 10.8. The Bertz CT molecular complexity index is 434. The fourth-order valence-electron chi connectivity index (χ4n) is 4.39. The number of nitrogens with zero attached hydrogens (tertiary/aromatic N) is 5. The van der Waals surface area contributed by atoms with Crippen molar-refractivity contribution < 1.29 is 0 Å². The van der Waals surface area contributed by atoms with Crippen molar-refractivity contribution in [2.75, 3.05) is 101 Å². The lowest BCUT2D eigenvalue weighted by Gasteiger charge is -2.24. The van der Waals surface area contributed by atoms with Gasteiger partial charge in [-0.25, -0.2) is 0 Å². The molecule has 5 heterocycles. The zero-order chi connectivity index (χ0) is 34.2. The van der Waals surface area contributed by atoms with Gasteiger partial charge in [-0.2, -0.15) is 0 Å². The van der Waals surface area contributed by atoms with Crippen molar-refractivity contribution in [2.24, 2.45) is 0 Å². The number of likely N-dealkylation sites (tertiary alicyclic amines) is 4. The van der Waals surface area contributed by atoms with E-state index in [1.54, 1.807) is 0 Å². The molecule has 5 nitrogen and oxygen atoms in total. The summed E-state index contributed by atoms with van der Waals surface area (Å²) in [5, 5.41) is 0. The van der Waals surface area contributed by atoms with Gasteiger partial charge in [0.15, 0.2) is 0 Å². The minimum atomic E-state index is 1.14. The second-order valence-electron chi connectivity index (χ2n) is 10.8. The predicted octanol–water partition coefficient (Wildman–Crippen LogP) is 9.64. The normalized spacial score (nSPS) is 19.8. The molecule has 0 radical (unpaired) electrons. The molecule has 0 aromatic rings. The standard InChI is InChI=1S/C7H15N.C6H13N.C6H11N.C5H11N.C4H9N.5C2H6/c1-8-6-4-2-3-5-7-8;2*1-7-5-3-2-4-6-7;1-6-4-2-3-5-6;1-5-3-2-4-5;5*1-2/h2-7H2,1H3;2-6H2,1H3;2-3H,4-6H2,1H3;2-5H2,1H3;2-4H2,1H3;5*1-2H3. The van der Waals surface area contributed by atoms with Crippen LogP contribution >= 0.6 is 0 Å². The van der Waals surface area contributed by atoms with Crippen LogP contribution in [-0.2, 0) is 0 Å². The van der Waals surface area contributed by atoms with Crippen LogP contribution in [0.1, 0.15) is 140 Å². The molecule has 0 atom stereocenters. The predicted molar refractivity (Wildman–Crippen MR) is 204 cm³/mol. The molecule has 0 saturated carbocycles. The van der Waals surface area contributed by atoms with Gasteiger partial charge in [0.2, 0.25) is 0 Å². The Labute approximate surface area is 276 Å². The summed E-state index contributed by atoms with van der Waals surface area (Å²) in [5.74, 6) is 0. The maximum Gasteiger partial charge on any atom is 0.0160 e. The monoisotopic (exact) mass is 616 g/mol. The van der Waals surface area contributed by atoms with Crippen LogP contribution in [0.25, 0.3) is 0 Å². The number of hydrogen-bond acceptors (Lipinski definition) is 5. The molecule has 4 fully saturated rings. The summed E-state index contributed by atoms with van der Waals surface area (Å²) < 4.78 is 0. The fourth-order valence-corrected chi connectivity index (χ4v) is 4.39. The van der Waals surface area contributed by atoms with Gasteiger partial charge in [-0.3, -0.25) is 0 Å². The molecule has 4 saturated heterocycles. The van der Waals surface area contributed by atoms with Crippen LogP contribution in [0.3, 0.4) is 0 Å². The lowest BCUT2D eigenvalue weighted by atomic mass is 10.1. The molecule has 5 aliphatic rings. The van der Waals surface area contributed by atoms with E-state index in [9.17, 15) is 0 Å². The third-order valence-electron chi connectivity index (χ3n) is 7.08. The van der Waals surface area contributed by atoms with Crippen LogP contribution in [0, 0.1) is 0 Å². The van der Waals surface area contributed by atoms with Crippen LogP contribution in [0.15, 0.2) is 12.2 Å². The number of rotatable bonds is 0. The van der Waals surface area contributed by atoms with E-state index in [0.717, 1.165) is 6.54 Å². The van der Waals surface area contributed by atoms with Gasteiger partial charge in [0, 0.05) is 13.1 Å². The lowest BCUT2D eigenvalue weighted by Crippen LogP contribution is -2.32. The topological polar surface area (TPSA) is 16.2 Å². The van der Waals surface area contributed by atoms with E-state index in [0.29, 0.717) is 0 Å². The third kappa shape index (κ3) is 46.1. The lowest BCUT2D eigenvalue weighted by molar-refractivity contribution is 0.229. The summed E-state index contributed by atoms with van der Waals surface area (Å²) in [6, 6.07) is 0. The molecule has 0 amide bonds. The van der Waals surface area contributed by atoms with E-state index in [1.165, 1.54) is 130 Å². The molecule has 0 aliphatic carbocycles. The summed E-state index contributed by atoms with van der Waals surface area (Å²) in [5.41, 5.74) is 0. The molecule has 266 valence electrons. The number of hydrogen-bond donors (Lipinski definition) is 0. The Balaban J connectivity index is -0.000000131. The second kappa shape index (κ2) is 48.4. The first-order valence-electron chi connectivity index (χ1n) is 19.0. The average Bonchev–Trinajstić information content (AvgIpc) is 3.42.